The van der Waals surface area contributed by atoms with E-state index < -0.39 is 10.0 Å². The summed E-state index contributed by atoms with van der Waals surface area (Å²) in [6.45, 7) is 6.28. The van der Waals surface area contributed by atoms with Gasteiger partial charge in [0.2, 0.25) is 0 Å². The van der Waals surface area contributed by atoms with Gasteiger partial charge in [0.1, 0.15) is 4.21 Å². The summed E-state index contributed by atoms with van der Waals surface area (Å²) >= 11 is 1.32. The summed E-state index contributed by atoms with van der Waals surface area (Å²) in [6.07, 6.45) is 6.34. The number of likely N-dealkylation sites (tertiary alicyclic amines) is 1. The van der Waals surface area contributed by atoms with Gasteiger partial charge in [0.15, 0.2) is 0 Å². The fourth-order valence-corrected chi connectivity index (χ4v) is 6.95. The highest BCUT2D eigenvalue weighted by atomic mass is 32.2. The van der Waals surface area contributed by atoms with Gasteiger partial charge in [0, 0.05) is 36.8 Å². The van der Waals surface area contributed by atoms with E-state index in [1.807, 2.05) is 18.5 Å². The average molecular weight is 395 g/mol. The first-order chi connectivity index (χ1) is 12.5. The van der Waals surface area contributed by atoms with Crippen molar-refractivity contribution in [1.82, 2.24) is 19.4 Å². The molecular weight excluding hydrogens is 368 g/mol. The standard InChI is InChI=1S/C18H26N4O2S2/c1-14-9-17(25-13-14)26(23,24)22-8-4-5-15(12-22)18-16(10-19-20-18)11-21-6-2-3-7-21/h9-10,13,15H,2-8,11-12H2,1H3,(H,19,20). The molecule has 0 spiro atoms. The number of hydrogen-bond acceptors (Lipinski definition) is 5. The highest BCUT2D eigenvalue weighted by molar-refractivity contribution is 7.91. The van der Waals surface area contributed by atoms with Crippen LogP contribution in [0.5, 0.6) is 0 Å². The Labute approximate surface area is 159 Å². The van der Waals surface area contributed by atoms with Crippen molar-refractivity contribution >= 4 is 21.4 Å². The average Bonchev–Trinajstić information content (AvgIpc) is 3.37. The van der Waals surface area contributed by atoms with Crippen molar-refractivity contribution in [3.63, 3.8) is 0 Å². The van der Waals surface area contributed by atoms with Crippen LogP contribution in [0.3, 0.4) is 0 Å². The van der Waals surface area contributed by atoms with E-state index in [0.29, 0.717) is 17.3 Å². The molecule has 26 heavy (non-hydrogen) atoms. The quantitative estimate of drug-likeness (QED) is 0.846. The highest BCUT2D eigenvalue weighted by Gasteiger charge is 2.33. The number of nitrogens with one attached hydrogen (secondary N) is 1. The zero-order valence-corrected chi connectivity index (χ0v) is 16.8. The lowest BCUT2D eigenvalue weighted by atomic mass is 9.93. The minimum Gasteiger partial charge on any atom is -0.299 e. The summed E-state index contributed by atoms with van der Waals surface area (Å²) in [7, 11) is -3.39. The van der Waals surface area contributed by atoms with Gasteiger partial charge in [-0.2, -0.15) is 9.40 Å². The number of aromatic amines is 1. The maximum atomic E-state index is 13.0. The largest absolute Gasteiger partial charge is 0.299 e. The molecular formula is C18H26N4O2S2. The fourth-order valence-electron chi connectivity index (χ4n) is 4.05. The van der Waals surface area contributed by atoms with Gasteiger partial charge >= 0.3 is 0 Å². The molecule has 2 aromatic heterocycles. The van der Waals surface area contributed by atoms with Gasteiger partial charge in [-0.05, 0) is 62.7 Å². The van der Waals surface area contributed by atoms with E-state index in [0.717, 1.165) is 43.7 Å². The van der Waals surface area contributed by atoms with Crippen LogP contribution in [0.15, 0.2) is 21.9 Å². The van der Waals surface area contributed by atoms with Crippen molar-refractivity contribution < 1.29 is 8.42 Å². The van der Waals surface area contributed by atoms with Crippen molar-refractivity contribution in [3.05, 3.63) is 34.5 Å². The van der Waals surface area contributed by atoms with Crippen LogP contribution in [0, 0.1) is 6.92 Å². The molecule has 2 saturated heterocycles. The minimum absolute atomic E-state index is 0.194. The van der Waals surface area contributed by atoms with Gasteiger partial charge in [0.25, 0.3) is 10.0 Å². The molecule has 2 fully saturated rings. The smallest absolute Gasteiger partial charge is 0.252 e. The van der Waals surface area contributed by atoms with Gasteiger partial charge in [-0.25, -0.2) is 8.42 Å². The van der Waals surface area contributed by atoms with E-state index in [9.17, 15) is 8.42 Å². The summed E-state index contributed by atoms with van der Waals surface area (Å²) in [6, 6.07) is 1.78. The molecule has 1 unspecified atom stereocenters. The Morgan fingerprint density at radius 2 is 2.08 bits per heavy atom. The van der Waals surface area contributed by atoms with Crippen LogP contribution in [0.2, 0.25) is 0 Å². The molecule has 1 atom stereocenters. The van der Waals surface area contributed by atoms with Crippen LogP contribution in [-0.2, 0) is 16.6 Å². The molecule has 6 nitrogen and oxygen atoms in total. The third kappa shape index (κ3) is 3.60. The number of rotatable bonds is 5. The van der Waals surface area contributed by atoms with Crippen molar-refractivity contribution in [1.29, 1.82) is 0 Å². The maximum Gasteiger partial charge on any atom is 0.252 e. The van der Waals surface area contributed by atoms with E-state index >= 15 is 0 Å². The van der Waals surface area contributed by atoms with Crippen molar-refractivity contribution in [2.45, 2.75) is 49.3 Å². The molecule has 4 heterocycles. The number of aryl methyl sites for hydroxylation is 1. The topological polar surface area (TPSA) is 69.3 Å². The molecule has 0 amide bonds. The van der Waals surface area contributed by atoms with Crippen molar-refractivity contribution in [2.24, 2.45) is 0 Å². The van der Waals surface area contributed by atoms with Gasteiger partial charge < -0.3 is 0 Å². The van der Waals surface area contributed by atoms with Crippen LogP contribution < -0.4 is 0 Å². The van der Waals surface area contributed by atoms with Crippen LogP contribution in [-0.4, -0.2) is 54.0 Å². The molecule has 0 radical (unpaired) electrons. The molecule has 1 N–H and O–H groups in total. The molecule has 0 saturated carbocycles. The Kier molecular flexibility index (Phi) is 5.18. The maximum absolute atomic E-state index is 13.0. The number of piperidine rings is 1. The van der Waals surface area contributed by atoms with Crippen LogP contribution >= 0.6 is 11.3 Å². The Morgan fingerprint density at radius 3 is 2.81 bits per heavy atom. The first-order valence-corrected chi connectivity index (χ1v) is 11.7. The van der Waals surface area contributed by atoms with Crippen molar-refractivity contribution in [3.8, 4) is 0 Å². The number of nitrogens with zero attached hydrogens (tertiary/aromatic N) is 3. The second kappa shape index (κ2) is 7.42. The Balaban J connectivity index is 1.51. The molecule has 142 valence electrons. The minimum atomic E-state index is -3.39. The molecule has 0 bridgehead atoms. The number of sulfonamides is 1. The summed E-state index contributed by atoms with van der Waals surface area (Å²) in [5, 5.41) is 9.34. The lowest BCUT2D eigenvalue weighted by Crippen LogP contribution is -2.39. The summed E-state index contributed by atoms with van der Waals surface area (Å²) in [5.74, 6) is 0.194. The van der Waals surface area contributed by atoms with E-state index in [2.05, 4.69) is 15.1 Å². The Hall–Kier alpha value is -1.22. The predicted octanol–water partition coefficient (Wildman–Crippen LogP) is 2.94. The predicted molar refractivity (Wildman–Crippen MR) is 103 cm³/mol. The first kappa shape index (κ1) is 18.2. The van der Waals surface area contributed by atoms with E-state index in [4.69, 9.17) is 0 Å². The molecule has 2 aliphatic rings. The Bertz CT molecular complexity index is 852. The number of thiophene rings is 1. The van der Waals surface area contributed by atoms with E-state index in [1.165, 1.54) is 29.7 Å². The summed E-state index contributed by atoms with van der Waals surface area (Å²) in [4.78, 5) is 2.46. The van der Waals surface area contributed by atoms with Crippen molar-refractivity contribution in [2.75, 3.05) is 26.2 Å². The van der Waals surface area contributed by atoms with Crippen LogP contribution in [0.4, 0.5) is 0 Å². The van der Waals surface area contributed by atoms with Crippen LogP contribution in [0.1, 0.15) is 48.4 Å². The lowest BCUT2D eigenvalue weighted by Gasteiger charge is -2.31. The molecule has 8 heteroatoms. The SMILES string of the molecule is Cc1csc(S(=O)(=O)N2CCCC(c3[nH]ncc3CN3CCCC3)C2)c1. The van der Waals surface area contributed by atoms with Crippen LogP contribution in [0.25, 0.3) is 0 Å². The van der Waals surface area contributed by atoms with Gasteiger partial charge in [-0.3, -0.25) is 10.00 Å². The molecule has 2 aromatic rings. The summed E-state index contributed by atoms with van der Waals surface area (Å²) < 4.78 is 28.1. The number of H-pyrrole nitrogens is 1. The third-order valence-corrected chi connectivity index (χ3v) is 8.84. The lowest BCUT2D eigenvalue weighted by molar-refractivity contribution is 0.304. The zero-order chi connectivity index (χ0) is 18.1. The third-order valence-electron chi connectivity index (χ3n) is 5.44. The van der Waals surface area contributed by atoms with E-state index in [-0.39, 0.29) is 5.92 Å². The zero-order valence-electron chi connectivity index (χ0n) is 15.1. The molecule has 2 aliphatic heterocycles. The Morgan fingerprint density at radius 1 is 1.27 bits per heavy atom. The molecule has 0 aromatic carbocycles. The van der Waals surface area contributed by atoms with Gasteiger partial charge in [-0.1, -0.05) is 0 Å². The fraction of sp³-hybridized carbons (Fsp3) is 0.611. The van der Waals surface area contributed by atoms with E-state index in [1.54, 1.807) is 10.4 Å². The number of hydrogen-bond donors (Lipinski definition) is 1. The second-order valence-corrected chi connectivity index (χ2v) is 10.5. The number of aromatic nitrogens is 2. The second-order valence-electron chi connectivity index (χ2n) is 7.44. The highest BCUT2D eigenvalue weighted by Crippen LogP contribution is 2.33. The normalized spacial score (nSPS) is 22.9. The molecule has 4 rings (SSSR count). The summed E-state index contributed by atoms with van der Waals surface area (Å²) in [5.41, 5.74) is 3.35. The van der Waals surface area contributed by atoms with Gasteiger partial charge in [-0.15, -0.1) is 11.3 Å². The molecule has 0 aliphatic carbocycles. The van der Waals surface area contributed by atoms with Gasteiger partial charge in [0.05, 0.1) is 6.20 Å². The first-order valence-electron chi connectivity index (χ1n) is 9.34. The monoisotopic (exact) mass is 394 g/mol.